The number of aryl methyl sites for hydroxylation is 2. The highest BCUT2D eigenvalue weighted by Crippen LogP contribution is 2.35. The van der Waals surface area contributed by atoms with Crippen molar-refractivity contribution in [2.45, 2.75) is 39.3 Å². The van der Waals surface area contributed by atoms with Gasteiger partial charge in [0.15, 0.2) is 11.5 Å². The molecule has 1 N–H and O–H groups in total. The maximum atomic E-state index is 5.50. The molecule has 2 aromatic carbocycles. The van der Waals surface area contributed by atoms with Crippen molar-refractivity contribution in [2.75, 3.05) is 19.5 Å². The van der Waals surface area contributed by atoms with E-state index in [-0.39, 0.29) is 6.04 Å². The van der Waals surface area contributed by atoms with Gasteiger partial charge in [-0.25, -0.2) is 15.0 Å². The molecule has 7 nitrogen and oxygen atoms in total. The van der Waals surface area contributed by atoms with E-state index in [1.165, 1.54) is 29.1 Å². The highest BCUT2D eigenvalue weighted by molar-refractivity contribution is 5.92. The molecule has 0 spiro atoms. The summed E-state index contributed by atoms with van der Waals surface area (Å²) in [5.74, 6) is 3.96. The molecule has 0 saturated heterocycles. The summed E-state index contributed by atoms with van der Waals surface area (Å²) in [4.78, 5) is 13.9. The molecule has 0 radical (unpaired) electrons. The van der Waals surface area contributed by atoms with Gasteiger partial charge in [0.25, 0.3) is 0 Å². The lowest BCUT2D eigenvalue weighted by Crippen LogP contribution is -2.10. The van der Waals surface area contributed by atoms with E-state index in [4.69, 9.17) is 9.47 Å². The van der Waals surface area contributed by atoms with E-state index in [1.807, 2.05) is 25.3 Å². The molecule has 1 aliphatic rings. The zero-order valence-electron chi connectivity index (χ0n) is 18.8. The molecule has 4 aromatic rings. The van der Waals surface area contributed by atoms with Gasteiger partial charge in [-0.05, 0) is 38.0 Å². The van der Waals surface area contributed by atoms with Crippen molar-refractivity contribution < 1.29 is 9.47 Å². The molecule has 0 saturated carbocycles. The van der Waals surface area contributed by atoms with Crippen molar-refractivity contribution in [1.82, 2.24) is 19.5 Å². The zero-order valence-corrected chi connectivity index (χ0v) is 18.8. The number of fused-ring (bicyclic) bond motifs is 2. The molecule has 0 bridgehead atoms. The molecule has 2 aromatic heterocycles. The lowest BCUT2D eigenvalue weighted by atomic mass is 10.0. The van der Waals surface area contributed by atoms with Gasteiger partial charge in [0.2, 0.25) is 0 Å². The summed E-state index contributed by atoms with van der Waals surface area (Å²) in [7, 11) is 3.26. The maximum absolute atomic E-state index is 5.50. The van der Waals surface area contributed by atoms with Crippen LogP contribution in [0.25, 0.3) is 22.2 Å². The summed E-state index contributed by atoms with van der Waals surface area (Å²) < 4.78 is 13.3. The fourth-order valence-corrected chi connectivity index (χ4v) is 4.43. The van der Waals surface area contributed by atoms with Gasteiger partial charge in [-0.2, -0.15) is 0 Å². The van der Waals surface area contributed by atoms with Crippen LogP contribution in [0.1, 0.15) is 36.6 Å². The SMILES string of the molecule is COc1cc2nc(C)nc(NC(C)c3cccc(-c4cnc5n4CCC5)c3)c2cc1OC. The minimum Gasteiger partial charge on any atom is -0.493 e. The van der Waals surface area contributed by atoms with Crippen LogP contribution in [-0.4, -0.2) is 33.7 Å². The highest BCUT2D eigenvalue weighted by Gasteiger charge is 2.18. The van der Waals surface area contributed by atoms with E-state index in [2.05, 4.69) is 56.0 Å². The molecule has 164 valence electrons. The second kappa shape index (κ2) is 8.15. The first-order chi connectivity index (χ1) is 15.6. The molecule has 1 atom stereocenters. The summed E-state index contributed by atoms with van der Waals surface area (Å²) in [6.45, 7) is 5.08. The smallest absolute Gasteiger partial charge is 0.162 e. The number of nitrogens with one attached hydrogen (secondary N) is 1. The highest BCUT2D eigenvalue weighted by atomic mass is 16.5. The van der Waals surface area contributed by atoms with Crippen molar-refractivity contribution in [3.63, 3.8) is 0 Å². The Hall–Kier alpha value is -3.61. The Labute approximate surface area is 187 Å². The average molecular weight is 430 g/mol. The van der Waals surface area contributed by atoms with Crippen molar-refractivity contribution in [2.24, 2.45) is 0 Å². The first-order valence-electron chi connectivity index (χ1n) is 10.9. The van der Waals surface area contributed by atoms with Crippen LogP contribution in [0.4, 0.5) is 5.82 Å². The molecule has 0 fully saturated rings. The second-order valence-corrected chi connectivity index (χ2v) is 8.15. The Kier molecular flexibility index (Phi) is 5.17. The molecule has 5 rings (SSSR count). The van der Waals surface area contributed by atoms with Crippen molar-refractivity contribution in [3.05, 3.63) is 59.8 Å². The third-order valence-electron chi connectivity index (χ3n) is 6.07. The van der Waals surface area contributed by atoms with E-state index in [9.17, 15) is 0 Å². The number of benzene rings is 2. The van der Waals surface area contributed by atoms with E-state index in [1.54, 1.807) is 14.2 Å². The third kappa shape index (κ3) is 3.53. The maximum Gasteiger partial charge on any atom is 0.162 e. The number of hydrogen-bond donors (Lipinski definition) is 1. The predicted molar refractivity (Wildman–Crippen MR) is 125 cm³/mol. The number of anilines is 1. The monoisotopic (exact) mass is 429 g/mol. The van der Waals surface area contributed by atoms with Crippen molar-refractivity contribution >= 4 is 16.7 Å². The van der Waals surface area contributed by atoms with Crippen molar-refractivity contribution in [3.8, 4) is 22.8 Å². The number of rotatable bonds is 6. The van der Waals surface area contributed by atoms with Gasteiger partial charge in [-0.15, -0.1) is 0 Å². The molecule has 1 aliphatic heterocycles. The second-order valence-electron chi connectivity index (χ2n) is 8.15. The number of methoxy groups -OCH3 is 2. The Morgan fingerprint density at radius 2 is 1.88 bits per heavy atom. The predicted octanol–water partition coefficient (Wildman–Crippen LogP) is 4.94. The van der Waals surface area contributed by atoms with E-state index in [0.717, 1.165) is 29.7 Å². The molecule has 7 heteroatoms. The summed E-state index contributed by atoms with van der Waals surface area (Å²) >= 11 is 0. The van der Waals surface area contributed by atoms with Gasteiger partial charge in [0.05, 0.1) is 31.6 Å². The van der Waals surface area contributed by atoms with Crippen molar-refractivity contribution in [1.29, 1.82) is 0 Å². The summed E-state index contributed by atoms with van der Waals surface area (Å²) in [5.41, 5.74) is 4.37. The lowest BCUT2D eigenvalue weighted by Gasteiger charge is -2.18. The zero-order chi connectivity index (χ0) is 22.2. The molecular weight excluding hydrogens is 402 g/mol. The van der Waals surface area contributed by atoms with Gasteiger partial charge in [-0.1, -0.05) is 18.2 Å². The Morgan fingerprint density at radius 3 is 2.69 bits per heavy atom. The van der Waals surface area contributed by atoms with Crippen LogP contribution in [0.5, 0.6) is 11.5 Å². The number of nitrogens with zero attached hydrogens (tertiary/aromatic N) is 4. The quantitative estimate of drug-likeness (QED) is 0.468. The van der Waals surface area contributed by atoms with Crippen LogP contribution in [-0.2, 0) is 13.0 Å². The van der Waals surface area contributed by atoms with Gasteiger partial charge in [0, 0.05) is 36.0 Å². The summed E-state index contributed by atoms with van der Waals surface area (Å²) in [5, 5.41) is 4.48. The number of hydrogen-bond acceptors (Lipinski definition) is 6. The van der Waals surface area contributed by atoms with Gasteiger partial charge >= 0.3 is 0 Å². The molecule has 3 heterocycles. The van der Waals surface area contributed by atoms with E-state index < -0.39 is 0 Å². The van der Waals surface area contributed by atoms with Crippen LogP contribution in [0, 0.1) is 6.92 Å². The number of imidazole rings is 1. The van der Waals surface area contributed by atoms with Crippen LogP contribution in [0.15, 0.2) is 42.6 Å². The van der Waals surface area contributed by atoms with Crippen LogP contribution in [0.3, 0.4) is 0 Å². The Bertz CT molecular complexity index is 1300. The first kappa shape index (κ1) is 20.3. The van der Waals surface area contributed by atoms with Gasteiger partial charge < -0.3 is 19.4 Å². The standard InChI is InChI=1S/C25H27N5O2/c1-15(17-7-5-8-18(11-17)21-14-26-24-9-6-10-30(21)24)27-25-19-12-22(31-3)23(32-4)13-20(19)28-16(2)29-25/h5,7-8,11-15H,6,9-10H2,1-4H3,(H,27,28,29). The molecular formula is C25H27N5O2. The average Bonchev–Trinajstić information content (AvgIpc) is 3.42. The normalized spacial score (nSPS) is 13.8. The van der Waals surface area contributed by atoms with Crippen LogP contribution >= 0.6 is 0 Å². The Balaban J connectivity index is 1.49. The summed E-state index contributed by atoms with van der Waals surface area (Å²) in [6, 6.07) is 12.5. The van der Waals surface area contributed by atoms with Crippen LogP contribution < -0.4 is 14.8 Å². The molecule has 32 heavy (non-hydrogen) atoms. The summed E-state index contributed by atoms with van der Waals surface area (Å²) in [6.07, 6.45) is 4.22. The first-order valence-corrected chi connectivity index (χ1v) is 10.9. The molecule has 0 amide bonds. The minimum absolute atomic E-state index is 0.0431. The largest absolute Gasteiger partial charge is 0.493 e. The topological polar surface area (TPSA) is 74.1 Å². The Morgan fingerprint density at radius 1 is 1.06 bits per heavy atom. The third-order valence-corrected chi connectivity index (χ3v) is 6.07. The lowest BCUT2D eigenvalue weighted by molar-refractivity contribution is 0.356. The van der Waals surface area contributed by atoms with Gasteiger partial charge in [-0.3, -0.25) is 0 Å². The van der Waals surface area contributed by atoms with Gasteiger partial charge in [0.1, 0.15) is 17.5 Å². The molecule has 1 unspecified atom stereocenters. The van der Waals surface area contributed by atoms with E-state index in [0.29, 0.717) is 17.3 Å². The molecule has 0 aliphatic carbocycles. The van der Waals surface area contributed by atoms with E-state index >= 15 is 0 Å². The number of ether oxygens (including phenoxy) is 2. The number of aromatic nitrogens is 4. The fourth-order valence-electron chi connectivity index (χ4n) is 4.43. The fraction of sp³-hybridized carbons (Fsp3) is 0.320. The minimum atomic E-state index is 0.0431. The van der Waals surface area contributed by atoms with Crippen LogP contribution in [0.2, 0.25) is 0 Å².